The molecule has 5 heteroatoms. The minimum Gasteiger partial charge on any atom is -0.496 e. The molecular formula is C14H21FN2O2. The zero-order valence-corrected chi connectivity index (χ0v) is 11.8. The molecule has 0 fully saturated rings. The molecule has 0 spiro atoms. The van der Waals surface area contributed by atoms with Crippen LogP contribution in [0.2, 0.25) is 0 Å². The number of hydrogen-bond donors (Lipinski definition) is 2. The Morgan fingerprint density at radius 1 is 1.42 bits per heavy atom. The van der Waals surface area contributed by atoms with Gasteiger partial charge < -0.3 is 15.4 Å². The summed E-state index contributed by atoms with van der Waals surface area (Å²) in [6, 6.07) is 4.41. The molecule has 0 aliphatic rings. The fourth-order valence-electron chi connectivity index (χ4n) is 1.85. The minimum absolute atomic E-state index is 0.0917. The van der Waals surface area contributed by atoms with Crippen molar-refractivity contribution < 1.29 is 13.9 Å². The Hall–Kier alpha value is -1.62. The molecule has 0 saturated carbocycles. The number of hydrogen-bond acceptors (Lipinski definition) is 3. The van der Waals surface area contributed by atoms with Gasteiger partial charge >= 0.3 is 0 Å². The summed E-state index contributed by atoms with van der Waals surface area (Å²) in [5, 5.41) is 5.59. The zero-order chi connectivity index (χ0) is 14.5. The smallest absolute Gasteiger partial charge is 0.233 e. The van der Waals surface area contributed by atoms with E-state index in [0.717, 1.165) is 5.56 Å². The van der Waals surface area contributed by atoms with Crippen molar-refractivity contribution in [2.75, 3.05) is 27.2 Å². The highest BCUT2D eigenvalue weighted by molar-refractivity contribution is 5.78. The number of carbonyl (C=O) groups excluding carboxylic acids is 1. The van der Waals surface area contributed by atoms with E-state index in [2.05, 4.69) is 10.6 Å². The zero-order valence-electron chi connectivity index (χ0n) is 11.8. The van der Waals surface area contributed by atoms with Crippen LogP contribution in [0, 0.1) is 5.82 Å². The van der Waals surface area contributed by atoms with Gasteiger partial charge in [0.15, 0.2) is 0 Å². The van der Waals surface area contributed by atoms with Gasteiger partial charge in [-0.2, -0.15) is 0 Å². The van der Waals surface area contributed by atoms with Crippen molar-refractivity contribution in [3.05, 3.63) is 29.6 Å². The van der Waals surface area contributed by atoms with E-state index >= 15 is 0 Å². The van der Waals surface area contributed by atoms with Crippen molar-refractivity contribution in [2.45, 2.75) is 19.3 Å². The second-order valence-corrected chi connectivity index (χ2v) is 5.04. The summed E-state index contributed by atoms with van der Waals surface area (Å²) in [5.41, 5.74) is 0.316. The first-order valence-electron chi connectivity index (χ1n) is 6.16. The van der Waals surface area contributed by atoms with Crippen LogP contribution < -0.4 is 15.4 Å². The van der Waals surface area contributed by atoms with Crippen LogP contribution >= 0.6 is 0 Å². The molecule has 0 aromatic heterocycles. The molecule has 0 aliphatic carbocycles. The Kier molecular flexibility index (Phi) is 5.30. The van der Waals surface area contributed by atoms with Crippen LogP contribution in [0.5, 0.6) is 5.75 Å². The second kappa shape index (κ2) is 6.52. The highest BCUT2D eigenvalue weighted by Crippen LogP contribution is 2.31. The van der Waals surface area contributed by atoms with Crippen LogP contribution in [0.3, 0.4) is 0 Å². The lowest BCUT2D eigenvalue weighted by Crippen LogP contribution is -2.40. The van der Waals surface area contributed by atoms with Crippen LogP contribution in [0.4, 0.5) is 4.39 Å². The molecule has 0 saturated heterocycles. The molecule has 0 bridgehead atoms. The maximum absolute atomic E-state index is 13.4. The van der Waals surface area contributed by atoms with Gasteiger partial charge in [0.05, 0.1) is 13.7 Å². The van der Waals surface area contributed by atoms with Crippen molar-refractivity contribution in [1.82, 2.24) is 10.6 Å². The average molecular weight is 268 g/mol. The van der Waals surface area contributed by atoms with E-state index < -0.39 is 5.41 Å². The summed E-state index contributed by atoms with van der Waals surface area (Å²) in [6.07, 6.45) is 0. The first kappa shape index (κ1) is 15.4. The van der Waals surface area contributed by atoms with Crippen molar-refractivity contribution in [3.8, 4) is 5.75 Å². The number of carbonyl (C=O) groups is 1. The van der Waals surface area contributed by atoms with Crippen LogP contribution in [0.15, 0.2) is 18.2 Å². The van der Waals surface area contributed by atoms with Crippen molar-refractivity contribution in [1.29, 1.82) is 0 Å². The van der Waals surface area contributed by atoms with Gasteiger partial charge in [-0.3, -0.25) is 4.79 Å². The molecule has 1 amide bonds. The van der Waals surface area contributed by atoms with Crippen molar-refractivity contribution >= 4 is 5.91 Å². The lowest BCUT2D eigenvalue weighted by atomic mass is 9.83. The molecule has 4 nitrogen and oxygen atoms in total. The fourth-order valence-corrected chi connectivity index (χ4v) is 1.85. The van der Waals surface area contributed by atoms with Crippen LogP contribution in [-0.2, 0) is 10.2 Å². The summed E-state index contributed by atoms with van der Waals surface area (Å²) in [7, 11) is 3.26. The van der Waals surface area contributed by atoms with Crippen molar-refractivity contribution in [3.63, 3.8) is 0 Å². The van der Waals surface area contributed by atoms with Crippen LogP contribution in [0.25, 0.3) is 0 Å². The summed E-state index contributed by atoms with van der Waals surface area (Å²) in [4.78, 5) is 11.5. The highest BCUT2D eigenvalue weighted by Gasteiger charge is 2.25. The maximum atomic E-state index is 13.4. The summed E-state index contributed by atoms with van der Waals surface area (Å²) >= 11 is 0. The molecule has 1 rings (SSSR count). The number of nitrogens with one attached hydrogen (secondary N) is 2. The number of benzene rings is 1. The van der Waals surface area contributed by atoms with Crippen LogP contribution in [-0.4, -0.2) is 33.2 Å². The van der Waals surface area contributed by atoms with Crippen LogP contribution in [0.1, 0.15) is 19.4 Å². The standard InChI is InChI=1S/C14H21FN2O2/c1-14(2,9-17-13(18)8-16-3)11-7-10(15)5-6-12(11)19-4/h5-7,16H,8-9H2,1-4H3,(H,17,18). The van der Waals surface area contributed by atoms with E-state index in [-0.39, 0.29) is 18.3 Å². The van der Waals surface area contributed by atoms with E-state index in [0.29, 0.717) is 12.3 Å². The molecule has 19 heavy (non-hydrogen) atoms. The van der Waals surface area contributed by atoms with Gasteiger partial charge in [0.2, 0.25) is 5.91 Å². The first-order valence-corrected chi connectivity index (χ1v) is 6.16. The third kappa shape index (κ3) is 4.21. The van der Waals surface area contributed by atoms with Gasteiger partial charge in [0.1, 0.15) is 11.6 Å². The van der Waals surface area contributed by atoms with E-state index in [1.165, 1.54) is 12.1 Å². The largest absolute Gasteiger partial charge is 0.496 e. The van der Waals surface area contributed by atoms with E-state index in [4.69, 9.17) is 4.74 Å². The lowest BCUT2D eigenvalue weighted by Gasteiger charge is -2.27. The second-order valence-electron chi connectivity index (χ2n) is 5.04. The van der Waals surface area contributed by atoms with E-state index in [9.17, 15) is 9.18 Å². The Balaban J connectivity index is 2.86. The Morgan fingerprint density at radius 2 is 2.11 bits per heavy atom. The van der Waals surface area contributed by atoms with E-state index in [1.807, 2.05) is 13.8 Å². The van der Waals surface area contributed by atoms with Gasteiger partial charge in [0.25, 0.3) is 0 Å². The quantitative estimate of drug-likeness (QED) is 0.821. The number of methoxy groups -OCH3 is 1. The predicted octanol–water partition coefficient (Wildman–Crippen LogP) is 1.45. The number of likely N-dealkylation sites (N-methyl/N-ethyl adjacent to an activating group) is 1. The number of amides is 1. The molecular weight excluding hydrogens is 247 g/mol. The van der Waals surface area contributed by atoms with Gasteiger partial charge in [-0.25, -0.2) is 4.39 Å². The Bertz CT molecular complexity index is 447. The van der Waals surface area contributed by atoms with E-state index in [1.54, 1.807) is 20.2 Å². The minimum atomic E-state index is -0.420. The third-order valence-electron chi connectivity index (χ3n) is 2.96. The van der Waals surface area contributed by atoms with Gasteiger partial charge in [-0.05, 0) is 25.2 Å². The lowest BCUT2D eigenvalue weighted by molar-refractivity contribution is -0.120. The number of rotatable bonds is 6. The summed E-state index contributed by atoms with van der Waals surface area (Å²) in [6.45, 7) is 4.54. The monoisotopic (exact) mass is 268 g/mol. The summed E-state index contributed by atoms with van der Waals surface area (Å²) in [5.74, 6) is 0.214. The average Bonchev–Trinajstić information content (AvgIpc) is 2.37. The molecule has 106 valence electrons. The molecule has 0 radical (unpaired) electrons. The topological polar surface area (TPSA) is 50.4 Å². The molecule has 0 unspecified atom stereocenters. The Morgan fingerprint density at radius 3 is 2.68 bits per heavy atom. The molecule has 0 atom stereocenters. The third-order valence-corrected chi connectivity index (χ3v) is 2.96. The SMILES string of the molecule is CNCC(=O)NCC(C)(C)c1cc(F)ccc1OC. The number of ether oxygens (including phenoxy) is 1. The Labute approximate surface area is 113 Å². The van der Waals surface area contributed by atoms with Gasteiger partial charge in [-0.15, -0.1) is 0 Å². The molecule has 0 aliphatic heterocycles. The summed E-state index contributed by atoms with van der Waals surface area (Å²) < 4.78 is 18.6. The maximum Gasteiger partial charge on any atom is 0.233 e. The predicted molar refractivity (Wildman–Crippen MR) is 72.9 cm³/mol. The molecule has 2 N–H and O–H groups in total. The highest BCUT2D eigenvalue weighted by atomic mass is 19.1. The molecule has 1 aromatic rings. The van der Waals surface area contributed by atoms with Gasteiger partial charge in [0, 0.05) is 17.5 Å². The first-order chi connectivity index (χ1) is 8.90. The molecule has 1 aromatic carbocycles. The van der Waals surface area contributed by atoms with Gasteiger partial charge in [-0.1, -0.05) is 13.8 Å². The fraction of sp³-hybridized carbons (Fsp3) is 0.500. The normalized spacial score (nSPS) is 11.2. The number of halogens is 1. The van der Waals surface area contributed by atoms with Crippen molar-refractivity contribution in [2.24, 2.45) is 0 Å². The molecule has 0 heterocycles.